The zero-order valence-electron chi connectivity index (χ0n) is 13.0. The SMILES string of the molecule is COC(CN=C1NC(c2ccc(Br)cc2)CC1(C)C)OC. The summed E-state index contributed by atoms with van der Waals surface area (Å²) in [5.41, 5.74) is 1.32. The molecule has 1 unspecified atom stereocenters. The predicted molar refractivity (Wildman–Crippen MR) is 88.5 cm³/mol. The third-order valence-corrected chi connectivity index (χ3v) is 4.39. The van der Waals surface area contributed by atoms with Gasteiger partial charge in [0.05, 0.1) is 12.6 Å². The first-order chi connectivity index (χ1) is 9.96. The van der Waals surface area contributed by atoms with Crippen molar-refractivity contribution in [2.45, 2.75) is 32.6 Å². The molecule has 1 N–H and O–H groups in total. The number of halogens is 1. The highest BCUT2D eigenvalue weighted by atomic mass is 79.9. The molecule has 1 atom stereocenters. The average molecular weight is 355 g/mol. The van der Waals surface area contributed by atoms with Gasteiger partial charge in [0.15, 0.2) is 6.29 Å². The lowest BCUT2D eigenvalue weighted by Gasteiger charge is -2.18. The first-order valence-corrected chi connectivity index (χ1v) is 7.88. The van der Waals surface area contributed by atoms with Crippen molar-refractivity contribution in [1.82, 2.24) is 5.32 Å². The van der Waals surface area contributed by atoms with Gasteiger partial charge in [0.2, 0.25) is 0 Å². The predicted octanol–water partition coefficient (Wildman–Crippen LogP) is 3.53. The molecule has 2 rings (SSSR count). The van der Waals surface area contributed by atoms with Gasteiger partial charge >= 0.3 is 0 Å². The van der Waals surface area contributed by atoms with Crippen LogP contribution in [0.4, 0.5) is 0 Å². The number of amidine groups is 1. The lowest BCUT2D eigenvalue weighted by molar-refractivity contribution is -0.0937. The normalized spacial score (nSPS) is 22.8. The third-order valence-electron chi connectivity index (χ3n) is 3.86. The molecule has 0 radical (unpaired) electrons. The molecule has 1 aromatic rings. The maximum absolute atomic E-state index is 5.19. The summed E-state index contributed by atoms with van der Waals surface area (Å²) in [7, 11) is 3.26. The number of nitrogens with one attached hydrogen (secondary N) is 1. The van der Waals surface area contributed by atoms with Gasteiger partial charge in [0, 0.05) is 24.1 Å². The second-order valence-electron chi connectivity index (χ2n) is 5.93. The lowest BCUT2D eigenvalue weighted by Crippen LogP contribution is -2.29. The Balaban J connectivity index is 2.10. The summed E-state index contributed by atoms with van der Waals surface area (Å²) in [5, 5.41) is 3.54. The Morgan fingerprint density at radius 3 is 2.48 bits per heavy atom. The summed E-state index contributed by atoms with van der Waals surface area (Å²) in [6, 6.07) is 8.74. The molecule has 0 bridgehead atoms. The number of benzene rings is 1. The van der Waals surface area contributed by atoms with Crippen molar-refractivity contribution in [3.05, 3.63) is 34.3 Å². The fraction of sp³-hybridized carbons (Fsp3) is 0.562. The summed E-state index contributed by atoms with van der Waals surface area (Å²) in [6.45, 7) is 4.93. The molecule has 1 fully saturated rings. The number of hydrogen-bond donors (Lipinski definition) is 1. The molecular formula is C16H23BrN2O2. The number of hydrogen-bond acceptors (Lipinski definition) is 3. The van der Waals surface area contributed by atoms with Crippen molar-refractivity contribution >= 4 is 21.8 Å². The van der Waals surface area contributed by atoms with Crippen LogP contribution in [0, 0.1) is 5.41 Å². The molecule has 1 aromatic carbocycles. The number of nitrogens with zero attached hydrogens (tertiary/aromatic N) is 1. The number of ether oxygens (including phenoxy) is 2. The van der Waals surface area contributed by atoms with E-state index in [9.17, 15) is 0 Å². The van der Waals surface area contributed by atoms with Crippen LogP contribution in [0.1, 0.15) is 31.9 Å². The van der Waals surface area contributed by atoms with E-state index in [1.807, 2.05) is 0 Å². The molecule has 21 heavy (non-hydrogen) atoms. The Hall–Kier alpha value is -0.910. The minimum Gasteiger partial charge on any atom is -0.367 e. The molecule has 1 aliphatic heterocycles. The minimum atomic E-state index is -0.290. The maximum atomic E-state index is 5.19. The van der Waals surface area contributed by atoms with Crippen LogP contribution >= 0.6 is 15.9 Å². The van der Waals surface area contributed by atoms with Crippen LogP contribution in [0.3, 0.4) is 0 Å². The highest BCUT2D eigenvalue weighted by Crippen LogP contribution is 2.37. The van der Waals surface area contributed by atoms with Crippen molar-refractivity contribution in [2.75, 3.05) is 20.8 Å². The van der Waals surface area contributed by atoms with Gasteiger partial charge in [-0.05, 0) is 24.1 Å². The van der Waals surface area contributed by atoms with Gasteiger partial charge in [-0.3, -0.25) is 4.99 Å². The molecule has 0 amide bonds. The Kier molecular flexibility index (Phi) is 5.41. The Labute approximate surface area is 135 Å². The number of methoxy groups -OCH3 is 2. The minimum absolute atomic E-state index is 0.0315. The molecule has 0 aliphatic carbocycles. The van der Waals surface area contributed by atoms with Crippen molar-refractivity contribution < 1.29 is 9.47 Å². The van der Waals surface area contributed by atoms with Gasteiger partial charge in [-0.2, -0.15) is 0 Å². The maximum Gasteiger partial charge on any atom is 0.176 e. The molecule has 0 aromatic heterocycles. The molecule has 0 saturated carbocycles. The van der Waals surface area contributed by atoms with Crippen LogP contribution in [-0.4, -0.2) is 32.9 Å². The van der Waals surface area contributed by atoms with E-state index in [1.165, 1.54) is 5.56 Å². The first-order valence-electron chi connectivity index (χ1n) is 7.09. The second-order valence-corrected chi connectivity index (χ2v) is 6.84. The summed E-state index contributed by atoms with van der Waals surface area (Å²) >= 11 is 3.47. The van der Waals surface area contributed by atoms with E-state index in [-0.39, 0.29) is 11.7 Å². The standard InChI is InChI=1S/C16H23BrN2O2/c1-16(2)9-13(11-5-7-12(17)8-6-11)19-15(16)18-10-14(20-3)21-4/h5-8,13-14H,9-10H2,1-4H3,(H,18,19). The van der Waals surface area contributed by atoms with E-state index < -0.39 is 0 Å². The van der Waals surface area contributed by atoms with Crippen LogP contribution in [0.2, 0.25) is 0 Å². The van der Waals surface area contributed by atoms with Gasteiger partial charge in [-0.25, -0.2) is 0 Å². The van der Waals surface area contributed by atoms with Crippen LogP contribution in [0.15, 0.2) is 33.7 Å². The summed E-state index contributed by atoms with van der Waals surface area (Å²) in [4.78, 5) is 4.66. The summed E-state index contributed by atoms with van der Waals surface area (Å²) in [5.74, 6) is 1.02. The van der Waals surface area contributed by atoms with E-state index in [0.717, 1.165) is 16.7 Å². The smallest absolute Gasteiger partial charge is 0.176 e. The molecule has 1 aliphatic rings. The van der Waals surface area contributed by atoms with E-state index in [4.69, 9.17) is 9.47 Å². The zero-order chi connectivity index (χ0) is 15.5. The highest BCUT2D eigenvalue weighted by Gasteiger charge is 2.37. The fourth-order valence-electron chi connectivity index (χ4n) is 2.59. The monoisotopic (exact) mass is 354 g/mol. The van der Waals surface area contributed by atoms with E-state index >= 15 is 0 Å². The Bertz CT molecular complexity index is 496. The third kappa shape index (κ3) is 4.05. The topological polar surface area (TPSA) is 42.8 Å². The summed E-state index contributed by atoms with van der Waals surface area (Å²) < 4.78 is 11.5. The Morgan fingerprint density at radius 2 is 1.90 bits per heavy atom. The quantitative estimate of drug-likeness (QED) is 0.822. The van der Waals surface area contributed by atoms with Gasteiger partial charge in [0.1, 0.15) is 5.84 Å². The van der Waals surface area contributed by atoms with Crippen LogP contribution in [-0.2, 0) is 9.47 Å². The molecule has 116 valence electrons. The lowest BCUT2D eigenvalue weighted by atomic mass is 9.87. The molecule has 5 heteroatoms. The highest BCUT2D eigenvalue weighted by molar-refractivity contribution is 9.10. The average Bonchev–Trinajstić information content (AvgIpc) is 2.76. The fourth-order valence-corrected chi connectivity index (χ4v) is 2.85. The molecule has 1 heterocycles. The Morgan fingerprint density at radius 1 is 1.29 bits per heavy atom. The summed E-state index contributed by atoms with van der Waals surface area (Å²) in [6.07, 6.45) is 0.736. The number of rotatable bonds is 5. The van der Waals surface area contributed by atoms with Crippen molar-refractivity contribution in [3.8, 4) is 0 Å². The van der Waals surface area contributed by atoms with Gasteiger partial charge in [-0.1, -0.05) is 41.9 Å². The molecule has 4 nitrogen and oxygen atoms in total. The zero-order valence-corrected chi connectivity index (χ0v) is 14.6. The molecule has 0 spiro atoms. The van der Waals surface area contributed by atoms with E-state index in [0.29, 0.717) is 12.6 Å². The van der Waals surface area contributed by atoms with Gasteiger partial charge in [-0.15, -0.1) is 0 Å². The second kappa shape index (κ2) is 6.90. The van der Waals surface area contributed by atoms with E-state index in [1.54, 1.807) is 14.2 Å². The first kappa shape index (κ1) is 16.5. The molecular weight excluding hydrogens is 332 g/mol. The van der Waals surface area contributed by atoms with Crippen molar-refractivity contribution in [3.63, 3.8) is 0 Å². The van der Waals surface area contributed by atoms with Crippen molar-refractivity contribution in [1.29, 1.82) is 0 Å². The number of aliphatic imine (C=N–C) groups is 1. The van der Waals surface area contributed by atoms with Gasteiger partial charge < -0.3 is 14.8 Å². The van der Waals surface area contributed by atoms with Gasteiger partial charge in [0.25, 0.3) is 0 Å². The largest absolute Gasteiger partial charge is 0.367 e. The van der Waals surface area contributed by atoms with Crippen LogP contribution < -0.4 is 5.32 Å². The van der Waals surface area contributed by atoms with Crippen molar-refractivity contribution in [2.24, 2.45) is 10.4 Å². The van der Waals surface area contributed by atoms with Crippen LogP contribution in [0.25, 0.3) is 0 Å². The molecule has 1 saturated heterocycles. The van der Waals surface area contributed by atoms with Crippen LogP contribution in [0.5, 0.6) is 0 Å². The van der Waals surface area contributed by atoms with E-state index in [2.05, 4.69) is 64.4 Å².